The maximum atomic E-state index is 8.50. The number of pyridine rings is 1. The fourth-order valence-electron chi connectivity index (χ4n) is 6.84. The van der Waals surface area contributed by atoms with Crippen LogP contribution in [-0.4, -0.2) is 31.4 Å². The molecule has 0 amide bonds. The summed E-state index contributed by atoms with van der Waals surface area (Å²) < 4.78 is 4.20. The minimum absolute atomic E-state index is 0.317. The van der Waals surface area contributed by atoms with E-state index in [0.29, 0.717) is 28.9 Å². The molecule has 0 fully saturated rings. The smallest absolute Gasteiger partial charge is 0.164 e. The number of nitrogens with one attached hydrogen (secondary N) is 1. The summed E-state index contributed by atoms with van der Waals surface area (Å²) in [6.45, 7) is 0. The first-order valence-electron chi connectivity index (χ1n) is 17.5. The molecule has 6 nitrogen and oxygen atoms in total. The van der Waals surface area contributed by atoms with E-state index in [-0.39, 0.29) is 0 Å². The zero-order valence-electron chi connectivity index (χ0n) is 28.9. The molecule has 1 N–H and O–H groups in total. The van der Waals surface area contributed by atoms with E-state index >= 15 is 0 Å². The number of allylic oxidation sites excluding steroid dienone is 1. The van der Waals surface area contributed by atoms with Crippen molar-refractivity contribution in [2.75, 3.05) is 0 Å². The van der Waals surface area contributed by atoms with Crippen LogP contribution in [0.3, 0.4) is 0 Å². The molecule has 2 heterocycles. The molecular weight excluding hydrogens is 700 g/mol. The predicted molar refractivity (Wildman–Crippen MR) is 228 cm³/mol. The summed E-state index contributed by atoms with van der Waals surface area (Å²) in [6.07, 6.45) is 3.70. The molecule has 9 rings (SSSR count). The quantitative estimate of drug-likeness (QED) is 0.126. The molecular formula is C46H31N6PS. The molecule has 0 radical (unpaired) electrons. The van der Waals surface area contributed by atoms with Gasteiger partial charge in [0.1, 0.15) is 5.71 Å². The number of para-hydroxylation sites is 1. The topological polar surface area (TPSA) is 87.8 Å². The van der Waals surface area contributed by atoms with Gasteiger partial charge in [0.25, 0.3) is 0 Å². The Morgan fingerprint density at radius 3 is 1.50 bits per heavy atom. The number of benzene rings is 6. The first kappa shape index (κ1) is 33.4. The highest BCUT2D eigenvalue weighted by molar-refractivity contribution is 7.79. The van der Waals surface area contributed by atoms with Crippen molar-refractivity contribution < 1.29 is 0 Å². The molecule has 0 bridgehead atoms. The van der Waals surface area contributed by atoms with Crippen LogP contribution in [0.25, 0.3) is 62.4 Å². The van der Waals surface area contributed by atoms with Crippen LogP contribution in [0, 0.1) is 5.41 Å². The largest absolute Gasteiger partial charge is 0.299 e. The van der Waals surface area contributed by atoms with Crippen molar-refractivity contribution in [3.05, 3.63) is 181 Å². The molecule has 0 saturated heterocycles. The Morgan fingerprint density at radius 1 is 0.463 bits per heavy atom. The predicted octanol–water partition coefficient (Wildman–Crippen LogP) is 9.53. The Hall–Kier alpha value is -6.40. The molecule has 54 heavy (non-hydrogen) atoms. The number of hydrogen-bond acceptors (Lipinski definition) is 7. The van der Waals surface area contributed by atoms with E-state index in [1.165, 1.54) is 15.9 Å². The summed E-state index contributed by atoms with van der Waals surface area (Å²) in [4.78, 5) is 20.1. The van der Waals surface area contributed by atoms with E-state index in [4.69, 9.17) is 25.3 Å². The highest BCUT2D eigenvalue weighted by Gasteiger charge is 2.24. The van der Waals surface area contributed by atoms with Crippen molar-refractivity contribution in [2.45, 2.75) is 0 Å². The minimum Gasteiger partial charge on any atom is -0.299 e. The van der Waals surface area contributed by atoms with Crippen molar-refractivity contribution in [3.8, 4) is 45.4 Å². The van der Waals surface area contributed by atoms with Crippen molar-refractivity contribution in [2.24, 2.45) is 4.40 Å². The third-order valence-corrected chi connectivity index (χ3v) is 12.1. The third-order valence-electron chi connectivity index (χ3n) is 9.44. The van der Waals surface area contributed by atoms with E-state index in [9.17, 15) is 0 Å². The molecule has 0 atom stereocenters. The van der Waals surface area contributed by atoms with Crippen LogP contribution >= 0.6 is 20.7 Å². The molecule has 0 aliphatic heterocycles. The molecule has 1 aliphatic carbocycles. The SMILES string of the molecule is N=C1C=Cc2c(-c3ccc(-c4nc(-c5ccccc5)nc(-c5ccc(P(c6ccccc6)c6ccccc6)cc5)n4)cc3)nc3ccccc3c2/C1=N/S. The number of hydrogen-bond donors (Lipinski definition) is 2. The first-order valence-corrected chi connectivity index (χ1v) is 19.2. The van der Waals surface area contributed by atoms with Gasteiger partial charge in [0, 0.05) is 38.8 Å². The van der Waals surface area contributed by atoms with Gasteiger partial charge < -0.3 is 0 Å². The number of nitrogens with zero attached hydrogens (tertiary/aromatic N) is 5. The summed E-state index contributed by atoms with van der Waals surface area (Å²) >= 11 is 4.24. The molecule has 0 spiro atoms. The van der Waals surface area contributed by atoms with Crippen LogP contribution < -0.4 is 15.9 Å². The van der Waals surface area contributed by atoms with Gasteiger partial charge in [-0.1, -0.05) is 158 Å². The van der Waals surface area contributed by atoms with Gasteiger partial charge in [-0.2, -0.15) is 0 Å². The number of aromatic nitrogens is 4. The molecule has 0 saturated carbocycles. The maximum absolute atomic E-state index is 8.50. The van der Waals surface area contributed by atoms with E-state index in [1.807, 2.05) is 84.9 Å². The Kier molecular flexibility index (Phi) is 9.01. The lowest BCUT2D eigenvalue weighted by molar-refractivity contribution is 1.07. The average Bonchev–Trinajstić information content (AvgIpc) is 3.24. The summed E-state index contributed by atoms with van der Waals surface area (Å²) in [5.41, 5.74) is 7.87. The van der Waals surface area contributed by atoms with Gasteiger partial charge in [-0.05, 0) is 54.9 Å². The fourth-order valence-corrected chi connectivity index (χ4v) is 9.33. The monoisotopic (exact) mass is 730 g/mol. The summed E-state index contributed by atoms with van der Waals surface area (Å²) in [5, 5.41) is 13.3. The van der Waals surface area contributed by atoms with Crippen LogP contribution in [0.1, 0.15) is 11.1 Å². The summed E-state index contributed by atoms with van der Waals surface area (Å²) in [5.74, 6) is 1.79. The molecule has 256 valence electrons. The van der Waals surface area contributed by atoms with E-state index in [1.54, 1.807) is 6.08 Å². The van der Waals surface area contributed by atoms with E-state index in [0.717, 1.165) is 50.0 Å². The lowest BCUT2D eigenvalue weighted by Gasteiger charge is -2.19. The second kappa shape index (κ2) is 14.6. The second-order valence-electron chi connectivity index (χ2n) is 12.8. The lowest BCUT2D eigenvalue weighted by Crippen LogP contribution is -2.20. The van der Waals surface area contributed by atoms with E-state index < -0.39 is 7.92 Å². The van der Waals surface area contributed by atoms with Crippen molar-refractivity contribution >= 4 is 65.1 Å². The molecule has 2 aromatic heterocycles. The number of rotatable bonds is 7. The van der Waals surface area contributed by atoms with Crippen molar-refractivity contribution in [1.82, 2.24) is 19.9 Å². The van der Waals surface area contributed by atoms with Gasteiger partial charge in [0.15, 0.2) is 17.5 Å². The summed E-state index contributed by atoms with van der Waals surface area (Å²) in [6, 6.07) is 56.2. The number of fused-ring (bicyclic) bond motifs is 3. The minimum atomic E-state index is -0.737. The first-order chi connectivity index (χ1) is 26.6. The Bertz CT molecular complexity index is 2680. The van der Waals surface area contributed by atoms with Crippen molar-refractivity contribution in [3.63, 3.8) is 0 Å². The maximum Gasteiger partial charge on any atom is 0.164 e. The zero-order chi connectivity index (χ0) is 36.4. The molecule has 8 heteroatoms. The van der Waals surface area contributed by atoms with E-state index in [2.05, 4.69) is 102 Å². The Balaban J connectivity index is 1.12. The lowest BCUT2D eigenvalue weighted by atomic mass is 9.88. The standard InChI is InChI=1S/C46H31N6PS/c47-39-29-28-38-41(43(39)52-54)37-18-10-11-19-40(37)48-42(38)30-20-22-32(23-21-30)45-49-44(31-12-4-1-5-13-31)50-46(51-45)33-24-26-36(27-25-33)53(34-14-6-2-7-15-34)35-16-8-3-9-17-35/h1-29,47,54H/b47-39?,52-43+. The summed E-state index contributed by atoms with van der Waals surface area (Å²) in [7, 11) is -0.737. The van der Waals surface area contributed by atoms with Gasteiger partial charge in [-0.25, -0.2) is 24.3 Å². The molecule has 1 aliphatic rings. The average molecular weight is 731 g/mol. The number of thiol groups is 1. The Morgan fingerprint density at radius 2 is 0.926 bits per heavy atom. The van der Waals surface area contributed by atoms with Crippen LogP contribution in [-0.2, 0) is 0 Å². The molecule has 6 aromatic carbocycles. The van der Waals surface area contributed by atoms with Gasteiger partial charge in [0.2, 0.25) is 0 Å². The van der Waals surface area contributed by atoms with Crippen molar-refractivity contribution in [1.29, 1.82) is 5.41 Å². The van der Waals surface area contributed by atoms with Crippen LogP contribution in [0.2, 0.25) is 0 Å². The third kappa shape index (κ3) is 6.34. The van der Waals surface area contributed by atoms with Gasteiger partial charge >= 0.3 is 0 Å². The highest BCUT2D eigenvalue weighted by atomic mass is 32.1. The van der Waals surface area contributed by atoms with Crippen LogP contribution in [0.4, 0.5) is 0 Å². The normalized spacial score (nSPS) is 13.1. The van der Waals surface area contributed by atoms with Crippen LogP contribution in [0.15, 0.2) is 174 Å². The van der Waals surface area contributed by atoms with Gasteiger partial charge in [0.05, 0.1) is 16.9 Å². The fraction of sp³-hybridized carbons (Fsp3) is 0. The molecule has 8 aromatic rings. The van der Waals surface area contributed by atoms with Gasteiger partial charge in [-0.15, -0.1) is 0 Å². The van der Waals surface area contributed by atoms with Crippen LogP contribution in [0.5, 0.6) is 0 Å². The molecule has 0 unspecified atom stereocenters. The second-order valence-corrected chi connectivity index (χ2v) is 15.2. The highest BCUT2D eigenvalue weighted by Crippen LogP contribution is 2.36. The zero-order valence-corrected chi connectivity index (χ0v) is 30.7. The Labute approximate surface area is 319 Å². The van der Waals surface area contributed by atoms with Gasteiger partial charge in [-0.3, -0.25) is 5.41 Å².